The fraction of sp³-hybridized carbons (Fsp3) is 0.364. The average Bonchev–Trinajstić information content (AvgIpc) is 2.19. The van der Waals surface area contributed by atoms with E-state index in [0.717, 1.165) is 25.2 Å². The molecular weight excluding hydrogens is 174 g/mol. The van der Waals surface area contributed by atoms with Gasteiger partial charge in [-0.15, -0.1) is 6.58 Å². The lowest BCUT2D eigenvalue weighted by Gasteiger charge is -2.30. The van der Waals surface area contributed by atoms with Gasteiger partial charge in [-0.25, -0.2) is 0 Å². The molecule has 0 aromatic rings. The first-order chi connectivity index (χ1) is 6.79. The second-order valence-corrected chi connectivity index (χ2v) is 3.69. The van der Waals surface area contributed by atoms with Crippen molar-refractivity contribution in [2.75, 3.05) is 13.1 Å². The first-order valence-electron chi connectivity index (χ1n) is 4.83. The van der Waals surface area contributed by atoms with Crippen molar-refractivity contribution in [3.05, 3.63) is 36.1 Å². The van der Waals surface area contributed by atoms with Crippen LogP contribution in [0.3, 0.4) is 0 Å². The number of rotatable bonds is 2. The summed E-state index contributed by atoms with van der Waals surface area (Å²) in [5, 5.41) is 0. The monoisotopic (exact) mass is 189 g/mol. The van der Waals surface area contributed by atoms with Crippen LogP contribution in [0.5, 0.6) is 0 Å². The topological polar surface area (TPSA) is 41.6 Å². The number of hydrogen-bond donors (Lipinski definition) is 1. The van der Waals surface area contributed by atoms with Gasteiger partial charge in [-0.1, -0.05) is 12.2 Å². The third-order valence-electron chi connectivity index (χ3n) is 2.53. The van der Waals surface area contributed by atoms with Crippen LogP contribution in [0.25, 0.3) is 0 Å². The number of fused-ring (bicyclic) bond motifs is 1. The van der Waals surface area contributed by atoms with Crippen LogP contribution in [0.4, 0.5) is 0 Å². The SMILES string of the molecule is C=CCN1C=NC2CC(N)=CC=C2C1. The lowest BCUT2D eigenvalue weighted by molar-refractivity contribution is 0.468. The number of aliphatic imine (C=N–C) groups is 1. The van der Waals surface area contributed by atoms with Gasteiger partial charge in [-0.2, -0.15) is 0 Å². The molecule has 0 saturated heterocycles. The number of nitrogens with zero attached hydrogens (tertiary/aromatic N) is 2. The van der Waals surface area contributed by atoms with E-state index in [1.807, 2.05) is 18.5 Å². The van der Waals surface area contributed by atoms with E-state index in [1.165, 1.54) is 5.57 Å². The van der Waals surface area contributed by atoms with Crippen molar-refractivity contribution in [1.82, 2.24) is 4.90 Å². The molecule has 0 amide bonds. The van der Waals surface area contributed by atoms with E-state index in [-0.39, 0.29) is 6.04 Å². The van der Waals surface area contributed by atoms with Gasteiger partial charge in [-0.05, 0) is 11.6 Å². The highest BCUT2D eigenvalue weighted by Gasteiger charge is 2.21. The second kappa shape index (κ2) is 3.70. The average molecular weight is 189 g/mol. The molecule has 0 aromatic heterocycles. The molecule has 1 aliphatic heterocycles. The van der Waals surface area contributed by atoms with E-state index in [0.29, 0.717) is 0 Å². The molecule has 2 rings (SSSR count). The van der Waals surface area contributed by atoms with E-state index in [9.17, 15) is 0 Å². The Kier molecular flexibility index (Phi) is 2.39. The van der Waals surface area contributed by atoms with Crippen LogP contribution < -0.4 is 5.73 Å². The molecule has 2 aliphatic rings. The van der Waals surface area contributed by atoms with Crippen molar-refractivity contribution in [3.63, 3.8) is 0 Å². The molecule has 0 fully saturated rings. The highest BCUT2D eigenvalue weighted by Crippen LogP contribution is 2.22. The summed E-state index contributed by atoms with van der Waals surface area (Å²) in [6.07, 6.45) is 8.74. The van der Waals surface area contributed by atoms with Gasteiger partial charge in [0.05, 0.1) is 12.4 Å². The van der Waals surface area contributed by atoms with E-state index in [4.69, 9.17) is 5.73 Å². The summed E-state index contributed by atoms with van der Waals surface area (Å²) in [5.41, 5.74) is 8.02. The minimum absolute atomic E-state index is 0.279. The van der Waals surface area contributed by atoms with Crippen LogP contribution in [0, 0.1) is 0 Å². The fourth-order valence-corrected chi connectivity index (χ4v) is 1.78. The number of allylic oxidation sites excluding steroid dienone is 2. The maximum Gasteiger partial charge on any atom is 0.0863 e. The van der Waals surface area contributed by atoms with E-state index < -0.39 is 0 Å². The molecule has 0 radical (unpaired) electrons. The lowest BCUT2D eigenvalue weighted by Crippen LogP contribution is -2.34. The Balaban J connectivity index is 2.13. The molecule has 1 aliphatic carbocycles. The molecule has 0 saturated carbocycles. The normalized spacial score (nSPS) is 25.1. The van der Waals surface area contributed by atoms with Crippen LogP contribution in [0.1, 0.15) is 6.42 Å². The first-order valence-corrected chi connectivity index (χ1v) is 4.83. The summed E-state index contributed by atoms with van der Waals surface area (Å²) in [6, 6.07) is 0.279. The molecule has 0 aromatic carbocycles. The Bertz CT molecular complexity index is 325. The zero-order chi connectivity index (χ0) is 9.97. The van der Waals surface area contributed by atoms with Gasteiger partial charge in [0, 0.05) is 25.2 Å². The van der Waals surface area contributed by atoms with Crippen molar-refractivity contribution in [3.8, 4) is 0 Å². The molecule has 74 valence electrons. The number of nitrogens with two attached hydrogens (primary N) is 1. The van der Waals surface area contributed by atoms with Gasteiger partial charge in [-0.3, -0.25) is 4.99 Å². The summed E-state index contributed by atoms with van der Waals surface area (Å²) >= 11 is 0. The second-order valence-electron chi connectivity index (χ2n) is 3.69. The van der Waals surface area contributed by atoms with E-state index in [2.05, 4.69) is 22.5 Å². The molecule has 14 heavy (non-hydrogen) atoms. The molecule has 3 heteroatoms. The summed E-state index contributed by atoms with van der Waals surface area (Å²) in [7, 11) is 0. The largest absolute Gasteiger partial charge is 0.402 e. The Morgan fingerprint density at radius 2 is 2.50 bits per heavy atom. The third kappa shape index (κ3) is 1.71. The summed E-state index contributed by atoms with van der Waals surface area (Å²) in [5.74, 6) is 0. The van der Waals surface area contributed by atoms with Gasteiger partial charge in [0.2, 0.25) is 0 Å². The number of hydrogen-bond acceptors (Lipinski definition) is 3. The molecule has 0 bridgehead atoms. The van der Waals surface area contributed by atoms with Gasteiger partial charge in [0.1, 0.15) is 0 Å². The zero-order valence-corrected chi connectivity index (χ0v) is 8.19. The van der Waals surface area contributed by atoms with Crippen molar-refractivity contribution in [2.45, 2.75) is 12.5 Å². The maximum absolute atomic E-state index is 5.75. The van der Waals surface area contributed by atoms with Crippen molar-refractivity contribution >= 4 is 6.34 Å². The summed E-state index contributed by atoms with van der Waals surface area (Å²) in [6.45, 7) is 5.52. The van der Waals surface area contributed by atoms with Crippen LogP contribution >= 0.6 is 0 Å². The molecular formula is C11H15N3. The third-order valence-corrected chi connectivity index (χ3v) is 2.53. The fourth-order valence-electron chi connectivity index (χ4n) is 1.78. The highest BCUT2D eigenvalue weighted by atomic mass is 15.2. The minimum Gasteiger partial charge on any atom is -0.402 e. The van der Waals surface area contributed by atoms with Crippen LogP contribution in [-0.4, -0.2) is 30.4 Å². The zero-order valence-electron chi connectivity index (χ0n) is 8.19. The van der Waals surface area contributed by atoms with Gasteiger partial charge >= 0.3 is 0 Å². The molecule has 1 heterocycles. The summed E-state index contributed by atoms with van der Waals surface area (Å²) in [4.78, 5) is 6.61. The molecule has 0 spiro atoms. The molecule has 2 N–H and O–H groups in total. The molecule has 1 atom stereocenters. The van der Waals surface area contributed by atoms with E-state index in [1.54, 1.807) is 0 Å². The van der Waals surface area contributed by atoms with Crippen LogP contribution in [0.15, 0.2) is 41.1 Å². The smallest absolute Gasteiger partial charge is 0.0863 e. The first kappa shape index (κ1) is 9.06. The van der Waals surface area contributed by atoms with Crippen molar-refractivity contribution in [1.29, 1.82) is 0 Å². The molecule has 1 unspecified atom stereocenters. The Labute approximate surface area is 84.3 Å². The predicted molar refractivity (Wildman–Crippen MR) is 59.0 cm³/mol. The predicted octanol–water partition coefficient (Wildman–Crippen LogP) is 1.06. The standard InChI is InChI=1S/C11H15N3/c1-2-5-14-7-9-3-4-10(12)6-11(9)13-8-14/h2-4,8,11H,1,5-7,12H2. The Hall–Kier alpha value is -1.51. The lowest BCUT2D eigenvalue weighted by atomic mass is 9.96. The maximum atomic E-state index is 5.75. The van der Waals surface area contributed by atoms with E-state index >= 15 is 0 Å². The minimum atomic E-state index is 0.279. The van der Waals surface area contributed by atoms with Crippen molar-refractivity contribution < 1.29 is 0 Å². The van der Waals surface area contributed by atoms with Crippen LogP contribution in [0.2, 0.25) is 0 Å². The van der Waals surface area contributed by atoms with Gasteiger partial charge in [0.25, 0.3) is 0 Å². The summed E-state index contributed by atoms with van der Waals surface area (Å²) < 4.78 is 0. The Morgan fingerprint density at radius 1 is 1.64 bits per heavy atom. The quantitative estimate of drug-likeness (QED) is 0.660. The van der Waals surface area contributed by atoms with Gasteiger partial charge < -0.3 is 10.6 Å². The molecule has 3 nitrogen and oxygen atoms in total. The Morgan fingerprint density at radius 3 is 3.29 bits per heavy atom. The van der Waals surface area contributed by atoms with Gasteiger partial charge in [0.15, 0.2) is 0 Å². The van der Waals surface area contributed by atoms with Crippen molar-refractivity contribution in [2.24, 2.45) is 10.7 Å². The van der Waals surface area contributed by atoms with Crippen LogP contribution in [-0.2, 0) is 0 Å². The highest BCUT2D eigenvalue weighted by molar-refractivity contribution is 5.59.